The predicted octanol–water partition coefficient (Wildman–Crippen LogP) is 3.87. The SMILES string of the molecule is COc1cc(C(C)=CC=CC(C)=CC(=O)O)cc(OC(C)C)n1. The first-order chi connectivity index (χ1) is 10.8. The molecule has 0 saturated carbocycles. The molecule has 0 saturated heterocycles. The van der Waals surface area contributed by atoms with Crippen LogP contribution in [0.2, 0.25) is 0 Å². The van der Waals surface area contributed by atoms with E-state index in [1.165, 1.54) is 0 Å². The Kier molecular flexibility index (Phi) is 7.06. The number of aliphatic carboxylic acids is 1. The van der Waals surface area contributed by atoms with Crippen LogP contribution in [0, 0.1) is 0 Å². The Bertz CT molecular complexity index is 642. The first kappa shape index (κ1) is 18.5. The quantitative estimate of drug-likeness (QED) is 0.611. The molecular formula is C18H23NO4. The van der Waals surface area contributed by atoms with Gasteiger partial charge in [-0.15, -0.1) is 0 Å². The number of methoxy groups -OCH3 is 1. The summed E-state index contributed by atoms with van der Waals surface area (Å²) < 4.78 is 10.8. The number of carboxylic acid groups (broad SMARTS) is 1. The molecule has 1 rings (SSSR count). The zero-order valence-corrected chi connectivity index (χ0v) is 14.2. The summed E-state index contributed by atoms with van der Waals surface area (Å²) in [6.07, 6.45) is 6.62. The lowest BCUT2D eigenvalue weighted by molar-refractivity contribution is -0.131. The number of pyridine rings is 1. The average molecular weight is 317 g/mol. The van der Waals surface area contributed by atoms with Crippen molar-refractivity contribution in [1.82, 2.24) is 4.98 Å². The standard InChI is InChI=1S/C18H23NO4/c1-12(2)23-17-11-15(10-16(19-17)22-5)14(4)8-6-7-13(3)9-18(20)21/h6-12H,1-5H3,(H,20,21). The van der Waals surface area contributed by atoms with E-state index in [-0.39, 0.29) is 6.10 Å². The third kappa shape index (κ3) is 6.82. The normalized spacial score (nSPS) is 12.8. The molecule has 0 bridgehead atoms. The number of aromatic nitrogens is 1. The highest BCUT2D eigenvalue weighted by Gasteiger charge is 2.07. The molecule has 0 aromatic carbocycles. The third-order valence-corrected chi connectivity index (χ3v) is 2.86. The van der Waals surface area contributed by atoms with Crippen LogP contribution < -0.4 is 9.47 Å². The van der Waals surface area contributed by atoms with Crippen LogP contribution in [0.4, 0.5) is 0 Å². The highest BCUT2D eigenvalue weighted by Crippen LogP contribution is 2.24. The van der Waals surface area contributed by atoms with Crippen LogP contribution in [0.15, 0.2) is 42.0 Å². The summed E-state index contributed by atoms with van der Waals surface area (Å²) in [4.78, 5) is 14.8. The van der Waals surface area contributed by atoms with Gasteiger partial charge in [0.15, 0.2) is 0 Å². The van der Waals surface area contributed by atoms with Crippen LogP contribution >= 0.6 is 0 Å². The van der Waals surface area contributed by atoms with Crippen LogP contribution in [0.3, 0.4) is 0 Å². The zero-order chi connectivity index (χ0) is 17.4. The Morgan fingerprint density at radius 2 is 1.91 bits per heavy atom. The van der Waals surface area contributed by atoms with Crippen molar-refractivity contribution in [2.24, 2.45) is 0 Å². The van der Waals surface area contributed by atoms with E-state index in [9.17, 15) is 4.79 Å². The van der Waals surface area contributed by atoms with Crippen LogP contribution in [-0.2, 0) is 4.79 Å². The molecule has 0 atom stereocenters. The van der Waals surface area contributed by atoms with Crippen molar-refractivity contribution in [3.8, 4) is 11.8 Å². The number of rotatable bonds is 7. The maximum atomic E-state index is 10.6. The molecule has 0 spiro atoms. The number of hydrogen-bond donors (Lipinski definition) is 1. The Labute approximate surface area is 137 Å². The smallest absolute Gasteiger partial charge is 0.328 e. The minimum absolute atomic E-state index is 0.0236. The van der Waals surface area contributed by atoms with E-state index in [2.05, 4.69) is 4.98 Å². The van der Waals surface area contributed by atoms with Gasteiger partial charge in [0.1, 0.15) is 0 Å². The molecule has 5 nitrogen and oxygen atoms in total. The van der Waals surface area contributed by atoms with Gasteiger partial charge in [0.05, 0.1) is 13.2 Å². The Morgan fingerprint density at radius 3 is 2.48 bits per heavy atom. The molecule has 124 valence electrons. The molecule has 0 unspecified atom stereocenters. The van der Waals surface area contributed by atoms with E-state index in [0.29, 0.717) is 17.3 Å². The van der Waals surface area contributed by atoms with Gasteiger partial charge in [-0.3, -0.25) is 0 Å². The fraction of sp³-hybridized carbons (Fsp3) is 0.333. The van der Waals surface area contributed by atoms with Gasteiger partial charge < -0.3 is 14.6 Å². The Morgan fingerprint density at radius 1 is 1.26 bits per heavy atom. The van der Waals surface area contributed by atoms with E-state index < -0.39 is 5.97 Å². The van der Waals surface area contributed by atoms with Crippen molar-refractivity contribution in [3.05, 3.63) is 47.6 Å². The van der Waals surface area contributed by atoms with Gasteiger partial charge in [-0.1, -0.05) is 18.2 Å². The fourth-order valence-corrected chi connectivity index (χ4v) is 1.80. The molecule has 0 aliphatic heterocycles. The van der Waals surface area contributed by atoms with E-state index in [1.54, 1.807) is 26.2 Å². The van der Waals surface area contributed by atoms with Gasteiger partial charge >= 0.3 is 5.97 Å². The maximum Gasteiger partial charge on any atom is 0.328 e. The Balaban J connectivity index is 3.01. The van der Waals surface area contributed by atoms with Crippen molar-refractivity contribution in [2.75, 3.05) is 7.11 Å². The van der Waals surface area contributed by atoms with E-state index in [4.69, 9.17) is 14.6 Å². The monoisotopic (exact) mass is 317 g/mol. The molecule has 0 aliphatic rings. The van der Waals surface area contributed by atoms with E-state index in [1.807, 2.05) is 39.0 Å². The van der Waals surface area contributed by atoms with Gasteiger partial charge in [0.25, 0.3) is 0 Å². The van der Waals surface area contributed by atoms with Crippen LogP contribution in [-0.4, -0.2) is 29.3 Å². The number of hydrogen-bond acceptors (Lipinski definition) is 4. The van der Waals surface area contributed by atoms with Gasteiger partial charge in [0, 0.05) is 18.2 Å². The first-order valence-corrected chi connectivity index (χ1v) is 7.31. The summed E-state index contributed by atoms with van der Waals surface area (Å²) in [5, 5.41) is 8.67. The lowest BCUT2D eigenvalue weighted by Crippen LogP contribution is -2.07. The molecule has 1 aromatic rings. The predicted molar refractivity (Wildman–Crippen MR) is 90.7 cm³/mol. The van der Waals surface area contributed by atoms with Crippen LogP contribution in [0.5, 0.6) is 11.8 Å². The molecule has 1 N–H and O–H groups in total. The van der Waals surface area contributed by atoms with Crippen LogP contribution in [0.1, 0.15) is 33.3 Å². The van der Waals surface area contributed by atoms with Crippen molar-refractivity contribution in [3.63, 3.8) is 0 Å². The molecule has 0 fully saturated rings. The highest BCUT2D eigenvalue weighted by molar-refractivity contribution is 5.81. The summed E-state index contributed by atoms with van der Waals surface area (Å²) in [6.45, 7) is 7.56. The number of carbonyl (C=O) groups is 1. The molecule has 0 aliphatic carbocycles. The largest absolute Gasteiger partial charge is 0.481 e. The second-order valence-electron chi connectivity index (χ2n) is 5.34. The van der Waals surface area contributed by atoms with Crippen molar-refractivity contribution >= 4 is 11.5 Å². The summed E-state index contributed by atoms with van der Waals surface area (Å²) in [7, 11) is 1.56. The van der Waals surface area contributed by atoms with Crippen molar-refractivity contribution < 1.29 is 19.4 Å². The number of nitrogens with zero attached hydrogens (tertiary/aromatic N) is 1. The summed E-state index contributed by atoms with van der Waals surface area (Å²) in [5.41, 5.74) is 2.58. The van der Waals surface area contributed by atoms with Crippen molar-refractivity contribution in [1.29, 1.82) is 0 Å². The van der Waals surface area contributed by atoms with Gasteiger partial charge in [-0.25, -0.2) is 4.79 Å². The molecular weight excluding hydrogens is 294 g/mol. The zero-order valence-electron chi connectivity index (χ0n) is 14.2. The first-order valence-electron chi connectivity index (χ1n) is 7.31. The molecule has 0 radical (unpaired) electrons. The van der Waals surface area contributed by atoms with Gasteiger partial charge in [-0.2, -0.15) is 4.98 Å². The molecule has 1 heterocycles. The number of allylic oxidation sites excluding steroid dienone is 5. The number of carboxylic acids is 1. The lowest BCUT2D eigenvalue weighted by atomic mass is 10.1. The fourth-order valence-electron chi connectivity index (χ4n) is 1.80. The second kappa shape index (κ2) is 8.78. The van der Waals surface area contributed by atoms with Gasteiger partial charge in [0.2, 0.25) is 11.8 Å². The maximum absolute atomic E-state index is 10.6. The summed E-state index contributed by atoms with van der Waals surface area (Å²) in [6, 6.07) is 3.68. The minimum Gasteiger partial charge on any atom is -0.481 e. The minimum atomic E-state index is -0.956. The second-order valence-corrected chi connectivity index (χ2v) is 5.34. The van der Waals surface area contributed by atoms with E-state index >= 15 is 0 Å². The lowest BCUT2D eigenvalue weighted by Gasteiger charge is -2.12. The molecule has 5 heteroatoms. The van der Waals surface area contributed by atoms with Crippen LogP contribution in [0.25, 0.3) is 5.57 Å². The summed E-state index contributed by atoms with van der Waals surface area (Å²) in [5.74, 6) is 0.0343. The topological polar surface area (TPSA) is 68.7 Å². The van der Waals surface area contributed by atoms with Crippen molar-refractivity contribution in [2.45, 2.75) is 33.8 Å². The third-order valence-electron chi connectivity index (χ3n) is 2.86. The number of ether oxygens (including phenoxy) is 2. The highest BCUT2D eigenvalue weighted by atomic mass is 16.5. The molecule has 23 heavy (non-hydrogen) atoms. The summed E-state index contributed by atoms with van der Waals surface area (Å²) >= 11 is 0. The molecule has 1 aromatic heterocycles. The van der Waals surface area contributed by atoms with Gasteiger partial charge in [-0.05, 0) is 44.4 Å². The average Bonchev–Trinajstić information content (AvgIpc) is 2.45. The van der Waals surface area contributed by atoms with E-state index in [0.717, 1.165) is 17.2 Å². The Hall–Kier alpha value is -2.56. The molecule has 0 amide bonds.